The Labute approximate surface area is 95.0 Å². The third-order valence-electron chi connectivity index (χ3n) is 3.23. The molecule has 1 aromatic rings. The van der Waals surface area contributed by atoms with E-state index in [0.717, 1.165) is 11.3 Å². The van der Waals surface area contributed by atoms with Gasteiger partial charge in [0, 0.05) is 12.0 Å². The minimum absolute atomic E-state index is 0.0760. The third kappa shape index (κ3) is 1.77. The number of carbonyl (C=O) groups is 1. The van der Waals surface area contributed by atoms with E-state index in [1.807, 2.05) is 6.92 Å². The molecular formula is C13H16O3. The molecule has 16 heavy (non-hydrogen) atoms. The molecular weight excluding hydrogens is 204 g/mol. The lowest BCUT2D eigenvalue weighted by Crippen LogP contribution is -2.17. The summed E-state index contributed by atoms with van der Waals surface area (Å²) < 4.78 is 5.73. The van der Waals surface area contributed by atoms with E-state index in [4.69, 9.17) is 9.84 Å². The Morgan fingerprint density at radius 2 is 2.12 bits per heavy atom. The first-order valence-electron chi connectivity index (χ1n) is 5.47. The second-order valence-electron chi connectivity index (χ2n) is 4.48. The minimum Gasteiger partial charge on any atom is -0.489 e. The number of carboxylic acids is 1. The molecule has 0 aliphatic carbocycles. The largest absolute Gasteiger partial charge is 0.489 e. The van der Waals surface area contributed by atoms with Gasteiger partial charge in [-0.15, -0.1) is 0 Å². The topological polar surface area (TPSA) is 46.5 Å². The Hall–Kier alpha value is -1.51. The van der Waals surface area contributed by atoms with Crippen LogP contribution in [-0.4, -0.2) is 17.2 Å². The Balaban J connectivity index is 2.33. The fourth-order valence-electron chi connectivity index (χ4n) is 2.26. The van der Waals surface area contributed by atoms with E-state index in [-0.39, 0.29) is 12.5 Å². The van der Waals surface area contributed by atoms with Gasteiger partial charge >= 0.3 is 5.97 Å². The Morgan fingerprint density at radius 1 is 1.44 bits per heavy atom. The lowest BCUT2D eigenvalue weighted by Gasteiger charge is -2.11. The second kappa shape index (κ2) is 3.81. The van der Waals surface area contributed by atoms with Gasteiger partial charge in [-0.25, -0.2) is 0 Å². The second-order valence-corrected chi connectivity index (χ2v) is 4.48. The third-order valence-corrected chi connectivity index (χ3v) is 3.23. The summed E-state index contributed by atoms with van der Waals surface area (Å²) >= 11 is 0. The van der Waals surface area contributed by atoms with Crippen LogP contribution in [0.15, 0.2) is 6.07 Å². The van der Waals surface area contributed by atoms with Crippen molar-refractivity contribution in [2.75, 3.05) is 0 Å². The highest BCUT2D eigenvalue weighted by Gasteiger charge is 2.28. The molecule has 3 nitrogen and oxygen atoms in total. The molecule has 3 heteroatoms. The molecule has 1 aliphatic rings. The molecule has 1 aromatic carbocycles. The van der Waals surface area contributed by atoms with Crippen molar-refractivity contribution in [3.8, 4) is 5.75 Å². The summed E-state index contributed by atoms with van der Waals surface area (Å²) in [4.78, 5) is 10.7. The highest BCUT2D eigenvalue weighted by atomic mass is 16.5. The van der Waals surface area contributed by atoms with Gasteiger partial charge in [-0.05, 0) is 37.5 Å². The molecule has 0 radical (unpaired) electrons. The summed E-state index contributed by atoms with van der Waals surface area (Å²) in [6.45, 7) is 6.13. The maximum absolute atomic E-state index is 10.7. The van der Waals surface area contributed by atoms with Crippen molar-refractivity contribution in [3.05, 3.63) is 28.3 Å². The van der Waals surface area contributed by atoms with Gasteiger partial charge in [0.15, 0.2) is 0 Å². The van der Waals surface area contributed by atoms with Crippen molar-refractivity contribution in [2.24, 2.45) is 0 Å². The van der Waals surface area contributed by atoms with Crippen LogP contribution in [0.2, 0.25) is 0 Å². The van der Waals surface area contributed by atoms with E-state index in [2.05, 4.69) is 19.9 Å². The fraction of sp³-hybridized carbons (Fsp3) is 0.462. The number of rotatable bonds is 2. The van der Waals surface area contributed by atoms with Gasteiger partial charge in [-0.2, -0.15) is 0 Å². The molecule has 0 spiro atoms. The molecule has 1 atom stereocenters. The number of benzene rings is 1. The molecule has 0 saturated heterocycles. The molecule has 1 unspecified atom stereocenters. The first-order valence-corrected chi connectivity index (χ1v) is 5.47. The van der Waals surface area contributed by atoms with Crippen molar-refractivity contribution < 1.29 is 14.6 Å². The number of carboxylic acid groups (broad SMARTS) is 1. The van der Waals surface area contributed by atoms with Crippen LogP contribution < -0.4 is 4.74 Å². The lowest BCUT2D eigenvalue weighted by molar-refractivity contribution is -0.138. The van der Waals surface area contributed by atoms with E-state index >= 15 is 0 Å². The summed E-state index contributed by atoms with van der Waals surface area (Å²) in [6, 6.07) is 2.14. The average molecular weight is 220 g/mol. The predicted molar refractivity (Wildman–Crippen MR) is 61.0 cm³/mol. The molecule has 0 amide bonds. The van der Waals surface area contributed by atoms with Gasteiger partial charge < -0.3 is 9.84 Å². The summed E-state index contributed by atoms with van der Waals surface area (Å²) in [6.07, 6.45) is 0.591. The van der Waals surface area contributed by atoms with Crippen LogP contribution in [0.1, 0.15) is 28.7 Å². The van der Waals surface area contributed by atoms with Gasteiger partial charge in [0.1, 0.15) is 11.9 Å². The van der Waals surface area contributed by atoms with Gasteiger partial charge in [-0.1, -0.05) is 6.07 Å². The van der Waals surface area contributed by atoms with Crippen molar-refractivity contribution in [1.82, 2.24) is 0 Å². The standard InChI is InChI=1S/C13H16O3/c1-7-4-8(2)11-5-10(6-12(14)15)16-13(11)9(7)3/h4,10H,5-6H2,1-3H3,(H,14,15). The number of hydrogen-bond donors (Lipinski definition) is 1. The average Bonchev–Trinajstić information content (AvgIpc) is 2.58. The number of aliphatic carboxylic acids is 1. The summed E-state index contributed by atoms with van der Waals surface area (Å²) in [7, 11) is 0. The van der Waals surface area contributed by atoms with Crippen LogP contribution in [0.4, 0.5) is 0 Å². The molecule has 2 rings (SSSR count). The minimum atomic E-state index is -0.801. The monoisotopic (exact) mass is 220 g/mol. The van der Waals surface area contributed by atoms with Gasteiger partial charge in [0.05, 0.1) is 6.42 Å². The zero-order valence-electron chi connectivity index (χ0n) is 9.83. The summed E-state index contributed by atoms with van der Waals surface area (Å²) in [5.41, 5.74) is 4.71. The number of fused-ring (bicyclic) bond motifs is 1. The SMILES string of the molecule is Cc1cc(C)c2c(c1C)OC(CC(=O)O)C2. The normalized spacial score (nSPS) is 18.1. The van der Waals surface area contributed by atoms with Gasteiger partial charge in [-0.3, -0.25) is 4.79 Å². The number of ether oxygens (including phenoxy) is 1. The highest BCUT2D eigenvalue weighted by molar-refractivity contribution is 5.68. The predicted octanol–water partition coefficient (Wildman–Crippen LogP) is 2.39. The Morgan fingerprint density at radius 3 is 2.75 bits per heavy atom. The van der Waals surface area contributed by atoms with Crippen LogP contribution in [0.25, 0.3) is 0 Å². The maximum Gasteiger partial charge on any atom is 0.307 e. The van der Waals surface area contributed by atoms with Gasteiger partial charge in [0.25, 0.3) is 0 Å². The van der Waals surface area contributed by atoms with Crippen LogP contribution in [0, 0.1) is 20.8 Å². The smallest absolute Gasteiger partial charge is 0.307 e. The molecule has 0 saturated carbocycles. The quantitative estimate of drug-likeness (QED) is 0.832. The van der Waals surface area contributed by atoms with Gasteiger partial charge in [0.2, 0.25) is 0 Å². The Kier molecular flexibility index (Phi) is 2.62. The molecule has 1 aliphatic heterocycles. The zero-order chi connectivity index (χ0) is 11.9. The first-order chi connectivity index (χ1) is 7.49. The van der Waals surface area contributed by atoms with Crippen molar-refractivity contribution >= 4 is 5.97 Å². The molecule has 1 heterocycles. The van der Waals surface area contributed by atoms with E-state index in [1.165, 1.54) is 16.7 Å². The number of hydrogen-bond acceptors (Lipinski definition) is 2. The van der Waals surface area contributed by atoms with Crippen molar-refractivity contribution in [1.29, 1.82) is 0 Å². The van der Waals surface area contributed by atoms with Crippen molar-refractivity contribution in [3.63, 3.8) is 0 Å². The van der Waals surface area contributed by atoms with E-state index in [0.29, 0.717) is 6.42 Å². The highest BCUT2D eigenvalue weighted by Crippen LogP contribution is 2.37. The molecule has 0 fully saturated rings. The first kappa shape index (κ1) is 11.0. The van der Waals surface area contributed by atoms with Crippen LogP contribution in [-0.2, 0) is 11.2 Å². The van der Waals surface area contributed by atoms with E-state index in [9.17, 15) is 4.79 Å². The van der Waals surface area contributed by atoms with Crippen LogP contribution in [0.5, 0.6) is 5.75 Å². The molecule has 86 valence electrons. The number of aryl methyl sites for hydroxylation is 2. The lowest BCUT2D eigenvalue weighted by atomic mass is 9.97. The van der Waals surface area contributed by atoms with Crippen LogP contribution >= 0.6 is 0 Å². The molecule has 1 N–H and O–H groups in total. The van der Waals surface area contributed by atoms with E-state index < -0.39 is 5.97 Å². The zero-order valence-corrected chi connectivity index (χ0v) is 9.83. The Bertz CT molecular complexity index is 449. The van der Waals surface area contributed by atoms with Crippen molar-refractivity contribution in [2.45, 2.75) is 39.7 Å². The molecule has 0 aromatic heterocycles. The maximum atomic E-state index is 10.7. The summed E-state index contributed by atoms with van der Waals surface area (Å²) in [5.74, 6) is 0.105. The molecule has 0 bridgehead atoms. The summed E-state index contributed by atoms with van der Waals surface area (Å²) in [5, 5.41) is 8.77. The fourth-order valence-corrected chi connectivity index (χ4v) is 2.26. The van der Waals surface area contributed by atoms with Crippen LogP contribution in [0.3, 0.4) is 0 Å². The van der Waals surface area contributed by atoms with E-state index in [1.54, 1.807) is 0 Å².